The number of carbonyl (C=O) groups excluding carboxylic acids is 2. The van der Waals surface area contributed by atoms with Crippen LogP contribution in [0, 0.1) is 12.7 Å². The van der Waals surface area contributed by atoms with E-state index in [2.05, 4.69) is 5.16 Å². The monoisotopic (exact) mass is 442 g/mol. The summed E-state index contributed by atoms with van der Waals surface area (Å²) in [5.41, 5.74) is 0.438. The maximum absolute atomic E-state index is 13.5. The van der Waals surface area contributed by atoms with Crippen LogP contribution >= 0.6 is 11.6 Å². The van der Waals surface area contributed by atoms with Gasteiger partial charge in [-0.25, -0.2) is 4.39 Å². The first-order valence-electron chi connectivity index (χ1n) is 9.15. The van der Waals surface area contributed by atoms with E-state index in [-0.39, 0.29) is 22.0 Å². The van der Waals surface area contributed by atoms with Gasteiger partial charge in [-0.1, -0.05) is 28.9 Å². The molecule has 1 aliphatic heterocycles. The second kappa shape index (κ2) is 7.88. The van der Waals surface area contributed by atoms with Crippen molar-refractivity contribution in [2.24, 2.45) is 0 Å². The molecule has 3 aromatic rings. The van der Waals surface area contributed by atoms with Crippen LogP contribution in [0.15, 0.2) is 58.6 Å². The van der Waals surface area contributed by atoms with E-state index < -0.39 is 29.3 Å². The molecule has 1 aromatic heterocycles. The molecule has 1 fully saturated rings. The Kier molecular flexibility index (Phi) is 5.24. The highest BCUT2D eigenvalue weighted by molar-refractivity contribution is 6.51. The van der Waals surface area contributed by atoms with E-state index >= 15 is 0 Å². The van der Waals surface area contributed by atoms with Crippen LogP contribution in [0.25, 0.3) is 5.76 Å². The van der Waals surface area contributed by atoms with Gasteiger partial charge in [-0.2, -0.15) is 0 Å². The number of aliphatic hydroxyl groups excluding tert-OH is 1. The second-order valence-corrected chi connectivity index (χ2v) is 7.27. The average molecular weight is 443 g/mol. The molecule has 2 heterocycles. The fraction of sp³-hybridized carbons (Fsp3) is 0.136. The molecular weight excluding hydrogens is 427 g/mol. The van der Waals surface area contributed by atoms with Gasteiger partial charge in [-0.3, -0.25) is 14.5 Å². The fourth-order valence-electron chi connectivity index (χ4n) is 3.47. The minimum atomic E-state index is -1.05. The van der Waals surface area contributed by atoms with Gasteiger partial charge in [0, 0.05) is 11.6 Å². The highest BCUT2D eigenvalue weighted by Crippen LogP contribution is 2.42. The number of aryl methyl sites for hydroxylation is 1. The van der Waals surface area contributed by atoms with Crippen LogP contribution in [-0.4, -0.2) is 29.1 Å². The Morgan fingerprint density at radius 1 is 1.19 bits per heavy atom. The van der Waals surface area contributed by atoms with Crippen molar-refractivity contribution in [3.63, 3.8) is 0 Å². The number of nitrogens with zero attached hydrogens (tertiary/aromatic N) is 2. The zero-order chi connectivity index (χ0) is 22.3. The molecule has 0 unspecified atom stereocenters. The molecule has 7 nitrogen and oxygen atoms in total. The summed E-state index contributed by atoms with van der Waals surface area (Å²) < 4.78 is 23.7. The largest absolute Gasteiger partial charge is 0.507 e. The van der Waals surface area contributed by atoms with Crippen molar-refractivity contribution in [3.8, 4) is 5.75 Å². The van der Waals surface area contributed by atoms with E-state index in [1.807, 2.05) is 0 Å². The first kappa shape index (κ1) is 20.6. The lowest BCUT2D eigenvalue weighted by molar-refractivity contribution is -0.132. The predicted molar refractivity (Wildman–Crippen MR) is 110 cm³/mol. The van der Waals surface area contributed by atoms with E-state index in [0.717, 1.165) is 4.90 Å². The van der Waals surface area contributed by atoms with E-state index in [4.69, 9.17) is 20.9 Å². The number of hydrogen-bond acceptors (Lipinski definition) is 6. The topological polar surface area (TPSA) is 92.9 Å². The number of benzene rings is 2. The lowest BCUT2D eigenvalue weighted by Gasteiger charge is -2.22. The van der Waals surface area contributed by atoms with Crippen LogP contribution < -0.4 is 9.64 Å². The first-order valence-corrected chi connectivity index (χ1v) is 9.53. The van der Waals surface area contributed by atoms with Gasteiger partial charge in [0.2, 0.25) is 0 Å². The molecule has 1 saturated heterocycles. The Morgan fingerprint density at radius 2 is 1.90 bits per heavy atom. The van der Waals surface area contributed by atoms with Gasteiger partial charge in [0.05, 0.1) is 23.7 Å². The summed E-state index contributed by atoms with van der Waals surface area (Å²) in [5, 5.41) is 15.1. The Balaban J connectivity index is 1.93. The Hall–Kier alpha value is -3.65. The van der Waals surface area contributed by atoms with Gasteiger partial charge in [-0.15, -0.1) is 0 Å². The lowest BCUT2D eigenvalue weighted by Crippen LogP contribution is -2.29. The van der Waals surface area contributed by atoms with Crippen molar-refractivity contribution in [2.75, 3.05) is 12.0 Å². The summed E-state index contributed by atoms with van der Waals surface area (Å²) in [6, 6.07) is 10.2. The number of ether oxygens (including phenoxy) is 1. The van der Waals surface area contributed by atoms with Crippen LogP contribution in [0.3, 0.4) is 0 Å². The number of Topliss-reactive ketones (excluding diaryl/α,β-unsaturated/α-hetero) is 1. The van der Waals surface area contributed by atoms with Crippen LogP contribution in [0.5, 0.6) is 5.75 Å². The van der Waals surface area contributed by atoms with Crippen molar-refractivity contribution in [2.45, 2.75) is 13.0 Å². The highest BCUT2D eigenvalue weighted by atomic mass is 35.5. The third-order valence-corrected chi connectivity index (χ3v) is 5.21. The zero-order valence-electron chi connectivity index (χ0n) is 16.4. The third-order valence-electron chi connectivity index (χ3n) is 4.92. The average Bonchev–Trinajstić information content (AvgIpc) is 3.29. The summed E-state index contributed by atoms with van der Waals surface area (Å²) in [5.74, 6) is -1.83. The van der Waals surface area contributed by atoms with Crippen molar-refractivity contribution < 1.29 is 28.3 Å². The third kappa shape index (κ3) is 3.55. The van der Waals surface area contributed by atoms with Crippen molar-refractivity contribution in [1.29, 1.82) is 0 Å². The van der Waals surface area contributed by atoms with Crippen LogP contribution in [0.2, 0.25) is 5.02 Å². The van der Waals surface area contributed by atoms with Crippen LogP contribution in [0.4, 0.5) is 10.2 Å². The number of aliphatic hydroxyl groups is 1. The minimum absolute atomic E-state index is 0.0979. The zero-order valence-corrected chi connectivity index (χ0v) is 17.2. The van der Waals surface area contributed by atoms with Crippen molar-refractivity contribution in [1.82, 2.24) is 5.16 Å². The highest BCUT2D eigenvalue weighted by Gasteiger charge is 2.48. The van der Waals surface area contributed by atoms with Gasteiger partial charge >= 0.3 is 5.91 Å². The number of amides is 1. The number of hydrogen-bond donors (Lipinski definition) is 1. The molecule has 1 N–H and O–H groups in total. The standard InChI is InChI=1S/C22H16ClFN2O5/c1-11-9-17(25-31-11)26-19(12-3-6-14(24)7-4-12)18(21(28)22(26)29)20(27)13-5-8-16(30-2)15(23)10-13/h3-10,19,27H,1-2H3/b20-18+/t19-/m0/s1. The quantitative estimate of drug-likeness (QED) is 0.365. The number of halogens is 2. The summed E-state index contributed by atoms with van der Waals surface area (Å²) in [7, 11) is 1.45. The Bertz CT molecular complexity index is 1220. The van der Waals surface area contributed by atoms with Crippen LogP contribution in [-0.2, 0) is 9.59 Å². The number of anilines is 1. The molecule has 1 amide bonds. The maximum atomic E-state index is 13.5. The number of methoxy groups -OCH3 is 1. The lowest BCUT2D eigenvalue weighted by atomic mass is 9.95. The molecule has 4 rings (SSSR count). The molecule has 9 heteroatoms. The van der Waals surface area contributed by atoms with Crippen LogP contribution in [0.1, 0.15) is 22.9 Å². The number of carbonyl (C=O) groups is 2. The van der Waals surface area contributed by atoms with E-state index in [1.165, 1.54) is 55.6 Å². The smallest absolute Gasteiger partial charge is 0.301 e. The summed E-state index contributed by atoms with van der Waals surface area (Å²) in [4.78, 5) is 27.0. The van der Waals surface area contributed by atoms with Gasteiger partial charge < -0.3 is 14.4 Å². The van der Waals surface area contributed by atoms with Gasteiger partial charge in [0.1, 0.15) is 23.1 Å². The molecule has 0 bridgehead atoms. The Labute approximate surface area is 181 Å². The molecule has 0 spiro atoms. The number of ketones is 1. The second-order valence-electron chi connectivity index (χ2n) is 6.87. The maximum Gasteiger partial charge on any atom is 0.301 e. The molecule has 1 atom stereocenters. The summed E-state index contributed by atoms with van der Waals surface area (Å²) in [6.45, 7) is 1.64. The first-order chi connectivity index (χ1) is 14.8. The molecule has 0 radical (unpaired) electrons. The number of rotatable bonds is 4. The molecule has 2 aromatic carbocycles. The van der Waals surface area contributed by atoms with E-state index in [0.29, 0.717) is 17.1 Å². The SMILES string of the molecule is COc1ccc(/C(O)=C2\C(=O)C(=O)N(c3cc(C)on3)[C@H]2c2ccc(F)cc2)cc1Cl. The van der Waals surface area contributed by atoms with Crippen molar-refractivity contribution >= 4 is 34.9 Å². The molecule has 0 aliphatic carbocycles. The van der Waals surface area contributed by atoms with E-state index in [9.17, 15) is 19.1 Å². The summed E-state index contributed by atoms with van der Waals surface area (Å²) >= 11 is 6.16. The fourth-order valence-corrected chi connectivity index (χ4v) is 3.72. The summed E-state index contributed by atoms with van der Waals surface area (Å²) in [6.07, 6.45) is 0. The predicted octanol–water partition coefficient (Wildman–Crippen LogP) is 4.41. The number of aromatic nitrogens is 1. The molecule has 31 heavy (non-hydrogen) atoms. The van der Waals surface area contributed by atoms with Gasteiger partial charge in [0.15, 0.2) is 5.82 Å². The van der Waals surface area contributed by atoms with Gasteiger partial charge in [-0.05, 0) is 42.8 Å². The van der Waals surface area contributed by atoms with Crippen molar-refractivity contribution in [3.05, 3.63) is 81.8 Å². The molecule has 0 saturated carbocycles. The minimum Gasteiger partial charge on any atom is -0.507 e. The Morgan fingerprint density at radius 3 is 2.48 bits per heavy atom. The van der Waals surface area contributed by atoms with Gasteiger partial charge in [0.25, 0.3) is 5.78 Å². The molecule has 158 valence electrons. The van der Waals surface area contributed by atoms with E-state index in [1.54, 1.807) is 6.92 Å². The molecular formula is C22H16ClFN2O5. The molecule has 1 aliphatic rings. The normalized spacial score (nSPS) is 17.9.